The summed E-state index contributed by atoms with van der Waals surface area (Å²) in [4.78, 5) is 38.1. The van der Waals surface area contributed by atoms with E-state index in [1.807, 2.05) is 0 Å². The Morgan fingerprint density at radius 2 is 0.541 bits per heavy atom. The quantitative estimate of drug-likeness (QED) is 0.0261. The second-order valence-corrected chi connectivity index (χ2v) is 19.9. The van der Waals surface area contributed by atoms with Gasteiger partial charge in [-0.15, -0.1) is 0 Å². The van der Waals surface area contributed by atoms with E-state index in [9.17, 15) is 14.4 Å². The highest BCUT2D eigenvalue weighted by molar-refractivity contribution is 5.71. The first-order valence-electron chi connectivity index (χ1n) is 30.5. The van der Waals surface area contributed by atoms with Crippen molar-refractivity contribution in [2.24, 2.45) is 0 Å². The first-order valence-corrected chi connectivity index (χ1v) is 30.5. The minimum atomic E-state index is -0.807. The predicted octanol–water partition coefficient (Wildman–Crippen LogP) is 20.8. The molecule has 0 aliphatic heterocycles. The zero-order valence-corrected chi connectivity index (χ0v) is 48.1. The minimum absolute atomic E-state index is 0.0991. The number of hydrogen-bond donors (Lipinski definition) is 0. The molecule has 1 atom stereocenters. The number of esters is 3. The van der Waals surface area contributed by atoms with Gasteiger partial charge in [-0.25, -0.2) is 0 Å². The van der Waals surface area contributed by atoms with Gasteiger partial charge in [0.1, 0.15) is 13.2 Å². The highest BCUT2D eigenvalue weighted by Gasteiger charge is 2.19. The molecule has 0 bridgehead atoms. The first kappa shape index (κ1) is 69.8. The minimum Gasteiger partial charge on any atom is -0.462 e. The fraction of sp³-hybridized carbons (Fsp3) is 0.662. The summed E-state index contributed by atoms with van der Waals surface area (Å²) in [5.74, 6) is -0.968. The number of carbonyl (C=O) groups excluding carboxylic acids is 3. The van der Waals surface area contributed by atoms with Gasteiger partial charge in [-0.3, -0.25) is 14.4 Å². The molecule has 0 radical (unpaired) electrons. The third-order valence-corrected chi connectivity index (χ3v) is 12.7. The summed E-state index contributed by atoms with van der Waals surface area (Å²) in [6.45, 7) is 6.46. The molecule has 0 N–H and O–H groups in total. The number of carbonyl (C=O) groups is 3. The molecule has 0 aromatic heterocycles. The number of unbranched alkanes of at least 4 members (excludes halogenated alkanes) is 23. The van der Waals surface area contributed by atoms with Gasteiger partial charge in [0.15, 0.2) is 6.10 Å². The summed E-state index contributed by atoms with van der Waals surface area (Å²) in [6.07, 6.45) is 84.9. The summed E-state index contributed by atoms with van der Waals surface area (Å²) in [6, 6.07) is 0. The fourth-order valence-corrected chi connectivity index (χ4v) is 8.14. The molecule has 0 saturated carbocycles. The van der Waals surface area contributed by atoms with E-state index in [1.165, 1.54) is 109 Å². The number of rotatable bonds is 54. The van der Waals surface area contributed by atoms with Crippen LogP contribution < -0.4 is 0 Å². The normalized spacial score (nSPS) is 13.0. The predicted molar refractivity (Wildman–Crippen MR) is 320 cm³/mol. The molecule has 0 heterocycles. The van der Waals surface area contributed by atoms with Crippen molar-refractivity contribution in [1.29, 1.82) is 0 Å². The van der Waals surface area contributed by atoms with E-state index < -0.39 is 6.10 Å². The van der Waals surface area contributed by atoms with Crippen molar-refractivity contribution < 1.29 is 28.6 Å². The fourth-order valence-electron chi connectivity index (χ4n) is 8.14. The van der Waals surface area contributed by atoms with Crippen molar-refractivity contribution in [2.45, 2.75) is 277 Å². The van der Waals surface area contributed by atoms with E-state index in [-0.39, 0.29) is 37.5 Å². The molecule has 0 amide bonds. The Morgan fingerprint density at radius 1 is 0.284 bits per heavy atom. The molecule has 420 valence electrons. The first-order chi connectivity index (χ1) is 36.5. The van der Waals surface area contributed by atoms with Crippen molar-refractivity contribution in [2.75, 3.05) is 13.2 Å². The lowest BCUT2D eigenvalue weighted by Crippen LogP contribution is -2.30. The highest BCUT2D eigenvalue weighted by atomic mass is 16.6. The summed E-state index contributed by atoms with van der Waals surface area (Å²) in [7, 11) is 0. The van der Waals surface area contributed by atoms with Crippen LogP contribution in [0.25, 0.3) is 0 Å². The summed E-state index contributed by atoms with van der Waals surface area (Å²) in [5.41, 5.74) is 0. The van der Waals surface area contributed by atoms with E-state index in [4.69, 9.17) is 14.2 Å². The standard InChI is InChI=1S/C68H112O6/c1-4-7-10-13-16-19-22-25-27-28-29-30-31-32-33-34-35-36-37-38-39-40-41-44-46-49-52-55-58-61-67(70)73-64-65(63-72-66(69)60-57-54-51-48-45-42-24-21-18-15-12-9-6-3)74-68(71)62-59-56-53-50-47-43-26-23-20-17-14-11-8-5-2/h7,10,16,19,23,25-27,29-30,32-33,35-36,38-39,41,44,49,52,65H,4-6,8-9,11-15,17-18,20-22,24,28,31,34,37,40,42-43,45-48,50-51,53-64H2,1-3H3/b10-7-,19-16-,26-23-,27-25-,30-29-,33-32-,36-35-,39-38-,44-41-,52-49-. The Balaban J connectivity index is 4.42. The van der Waals surface area contributed by atoms with E-state index >= 15 is 0 Å². The Kier molecular flexibility index (Phi) is 57.9. The molecule has 0 spiro atoms. The van der Waals surface area contributed by atoms with Crippen LogP contribution in [0.2, 0.25) is 0 Å². The van der Waals surface area contributed by atoms with Crippen molar-refractivity contribution in [3.63, 3.8) is 0 Å². The van der Waals surface area contributed by atoms with Gasteiger partial charge in [-0.2, -0.15) is 0 Å². The lowest BCUT2D eigenvalue weighted by atomic mass is 10.0. The maximum Gasteiger partial charge on any atom is 0.306 e. The molecule has 0 aromatic carbocycles. The van der Waals surface area contributed by atoms with Gasteiger partial charge in [-0.1, -0.05) is 264 Å². The molecule has 6 heteroatoms. The highest BCUT2D eigenvalue weighted by Crippen LogP contribution is 2.15. The van der Waals surface area contributed by atoms with Crippen LogP contribution in [-0.2, 0) is 28.6 Å². The van der Waals surface area contributed by atoms with Crippen LogP contribution in [0.1, 0.15) is 271 Å². The lowest BCUT2D eigenvalue weighted by molar-refractivity contribution is -0.167. The molecule has 74 heavy (non-hydrogen) atoms. The van der Waals surface area contributed by atoms with Gasteiger partial charge in [0.05, 0.1) is 0 Å². The van der Waals surface area contributed by atoms with Gasteiger partial charge in [0.2, 0.25) is 0 Å². The number of ether oxygens (including phenoxy) is 3. The maximum atomic E-state index is 12.8. The van der Waals surface area contributed by atoms with Crippen LogP contribution >= 0.6 is 0 Å². The lowest BCUT2D eigenvalue weighted by Gasteiger charge is -2.18. The largest absolute Gasteiger partial charge is 0.462 e. The van der Waals surface area contributed by atoms with Gasteiger partial charge >= 0.3 is 17.9 Å². The van der Waals surface area contributed by atoms with Gasteiger partial charge in [-0.05, 0) is 109 Å². The molecule has 0 fully saturated rings. The van der Waals surface area contributed by atoms with Gasteiger partial charge < -0.3 is 14.2 Å². The molecule has 0 aliphatic carbocycles. The smallest absolute Gasteiger partial charge is 0.306 e. The van der Waals surface area contributed by atoms with Crippen LogP contribution in [0.3, 0.4) is 0 Å². The molecule has 6 nitrogen and oxygen atoms in total. The third-order valence-electron chi connectivity index (χ3n) is 12.7. The SMILES string of the molecule is CC/C=C\C/C=C\C/C=C\C/C=C\C/C=C\C/C=C\C/C=C\C/C=C\C/C=C\CCCC(=O)OCC(COC(=O)CCCCCCCCCCCCCCC)OC(=O)CCCCCCC/C=C\CCCCCCC. The van der Waals surface area contributed by atoms with E-state index in [0.29, 0.717) is 19.3 Å². The molecule has 0 rings (SSSR count). The Bertz CT molecular complexity index is 1550. The second-order valence-electron chi connectivity index (χ2n) is 19.9. The van der Waals surface area contributed by atoms with Crippen LogP contribution in [0.5, 0.6) is 0 Å². The molecule has 0 aromatic rings. The Labute approximate surface area is 456 Å². The van der Waals surface area contributed by atoms with Crippen LogP contribution in [0, 0.1) is 0 Å². The Morgan fingerprint density at radius 3 is 0.892 bits per heavy atom. The van der Waals surface area contributed by atoms with Crippen molar-refractivity contribution in [3.05, 3.63) is 122 Å². The monoisotopic (exact) mass is 1020 g/mol. The average Bonchev–Trinajstić information content (AvgIpc) is 3.40. The van der Waals surface area contributed by atoms with Crippen molar-refractivity contribution in [1.82, 2.24) is 0 Å². The average molecular weight is 1030 g/mol. The van der Waals surface area contributed by atoms with Crippen LogP contribution in [0.4, 0.5) is 0 Å². The van der Waals surface area contributed by atoms with Crippen molar-refractivity contribution in [3.8, 4) is 0 Å². The van der Waals surface area contributed by atoms with E-state index in [1.54, 1.807) is 0 Å². The van der Waals surface area contributed by atoms with Crippen molar-refractivity contribution >= 4 is 17.9 Å². The number of allylic oxidation sites excluding steroid dienone is 20. The van der Waals surface area contributed by atoms with Crippen LogP contribution in [-0.4, -0.2) is 37.2 Å². The second kappa shape index (κ2) is 61.4. The summed E-state index contributed by atoms with van der Waals surface area (Å²) >= 11 is 0. The molecular formula is C68H112O6. The van der Waals surface area contributed by atoms with Gasteiger partial charge in [0, 0.05) is 19.3 Å². The topological polar surface area (TPSA) is 78.9 Å². The zero-order chi connectivity index (χ0) is 53.6. The Hall–Kier alpha value is -4.19. The number of hydrogen-bond acceptors (Lipinski definition) is 6. The van der Waals surface area contributed by atoms with Gasteiger partial charge in [0.25, 0.3) is 0 Å². The molecule has 0 saturated heterocycles. The van der Waals surface area contributed by atoms with E-state index in [0.717, 1.165) is 116 Å². The molecular weight excluding hydrogens is 913 g/mol. The maximum absolute atomic E-state index is 12.8. The summed E-state index contributed by atoms with van der Waals surface area (Å²) in [5, 5.41) is 0. The molecule has 0 aliphatic rings. The molecule has 1 unspecified atom stereocenters. The third kappa shape index (κ3) is 58.7. The van der Waals surface area contributed by atoms with E-state index in [2.05, 4.69) is 142 Å². The zero-order valence-electron chi connectivity index (χ0n) is 48.1. The summed E-state index contributed by atoms with van der Waals surface area (Å²) < 4.78 is 16.8. The van der Waals surface area contributed by atoms with Crippen LogP contribution in [0.15, 0.2) is 122 Å².